The minimum absolute atomic E-state index is 0.338. The highest BCUT2D eigenvalue weighted by Crippen LogP contribution is 2.40. The summed E-state index contributed by atoms with van der Waals surface area (Å²) in [4.78, 5) is 6.56. The van der Waals surface area contributed by atoms with Crippen LogP contribution in [0.3, 0.4) is 0 Å². The Labute approximate surface area is 190 Å². The Morgan fingerprint density at radius 3 is 2.29 bits per heavy atom. The van der Waals surface area contributed by atoms with Gasteiger partial charge in [0.25, 0.3) is 4.84 Å². The number of ether oxygens (including phenoxy) is 3. The minimum Gasteiger partial charge on any atom is -0.493 e. The number of benzene rings is 1. The van der Waals surface area contributed by atoms with Crippen LogP contribution >= 0.6 is 23.6 Å². The molecule has 0 bridgehead atoms. The maximum absolute atomic E-state index is 5.79. The Kier molecular flexibility index (Phi) is 6.91. The van der Waals surface area contributed by atoms with Gasteiger partial charge in [-0.25, -0.2) is 4.68 Å². The lowest BCUT2D eigenvalue weighted by Gasteiger charge is -2.34. The molecule has 1 fully saturated rings. The fourth-order valence-corrected chi connectivity index (χ4v) is 4.54. The summed E-state index contributed by atoms with van der Waals surface area (Å²) in [7, 11) is 4.72. The molecule has 0 radical (unpaired) electrons. The minimum atomic E-state index is 0.338. The first-order valence-electron chi connectivity index (χ1n) is 9.96. The maximum atomic E-state index is 5.79. The summed E-state index contributed by atoms with van der Waals surface area (Å²) in [6, 6.07) is 7.90. The molecule has 1 aliphatic heterocycles. The van der Waals surface area contributed by atoms with E-state index in [0.29, 0.717) is 40.2 Å². The van der Waals surface area contributed by atoms with Crippen LogP contribution in [0.4, 0.5) is 0 Å². The van der Waals surface area contributed by atoms with Crippen molar-refractivity contribution in [2.24, 2.45) is 0 Å². The number of methoxy groups -OCH3 is 3. The molecule has 0 atom stereocenters. The summed E-state index contributed by atoms with van der Waals surface area (Å²) in [6.07, 6.45) is 0. The van der Waals surface area contributed by atoms with Crippen molar-refractivity contribution in [2.75, 3.05) is 47.5 Å². The van der Waals surface area contributed by atoms with Crippen LogP contribution in [0.2, 0.25) is 0 Å². The number of thiophene rings is 1. The van der Waals surface area contributed by atoms with Gasteiger partial charge in [-0.1, -0.05) is 6.07 Å². The third kappa shape index (κ3) is 4.93. The van der Waals surface area contributed by atoms with Crippen LogP contribution in [0.25, 0.3) is 11.5 Å². The number of nitrogens with zero attached hydrogens (tertiary/aromatic N) is 4. The van der Waals surface area contributed by atoms with Crippen molar-refractivity contribution in [1.82, 2.24) is 19.6 Å². The zero-order chi connectivity index (χ0) is 21.8. The lowest BCUT2D eigenvalue weighted by Crippen LogP contribution is -2.46. The van der Waals surface area contributed by atoms with Crippen molar-refractivity contribution >= 4 is 23.6 Å². The molecule has 166 valence electrons. The van der Waals surface area contributed by atoms with Gasteiger partial charge < -0.3 is 18.6 Å². The molecule has 0 saturated carbocycles. The lowest BCUT2D eigenvalue weighted by molar-refractivity contribution is 0.0980. The molecule has 1 saturated heterocycles. The Morgan fingerprint density at radius 2 is 1.71 bits per heavy atom. The van der Waals surface area contributed by atoms with Crippen LogP contribution in [0.5, 0.6) is 17.2 Å². The van der Waals surface area contributed by atoms with E-state index in [1.807, 2.05) is 11.3 Å². The molecule has 8 nitrogen and oxygen atoms in total. The molecule has 1 aliphatic rings. The normalized spacial score (nSPS) is 15.2. The molecular weight excluding hydrogens is 436 g/mol. The summed E-state index contributed by atoms with van der Waals surface area (Å²) >= 11 is 7.23. The van der Waals surface area contributed by atoms with Gasteiger partial charge in [0.15, 0.2) is 11.5 Å². The highest BCUT2D eigenvalue weighted by molar-refractivity contribution is 7.71. The SMILES string of the molecule is COc1cc(-c2nn(CN3CCN(Cc4cccs4)CC3)c(=S)o2)cc(OC)c1OC. The fourth-order valence-electron chi connectivity index (χ4n) is 3.62. The second kappa shape index (κ2) is 9.82. The smallest absolute Gasteiger partial charge is 0.288 e. The van der Waals surface area contributed by atoms with E-state index < -0.39 is 0 Å². The largest absolute Gasteiger partial charge is 0.493 e. The van der Waals surface area contributed by atoms with Crippen LogP contribution in [-0.4, -0.2) is 67.1 Å². The third-order valence-corrected chi connectivity index (χ3v) is 6.43. The van der Waals surface area contributed by atoms with E-state index in [0.717, 1.165) is 32.7 Å². The average Bonchev–Trinajstić information content (AvgIpc) is 3.43. The van der Waals surface area contributed by atoms with E-state index in [-0.39, 0.29) is 0 Å². The molecule has 31 heavy (non-hydrogen) atoms. The van der Waals surface area contributed by atoms with Crippen molar-refractivity contribution in [3.05, 3.63) is 39.4 Å². The molecule has 0 amide bonds. The van der Waals surface area contributed by atoms with E-state index in [9.17, 15) is 0 Å². The second-order valence-electron chi connectivity index (χ2n) is 7.20. The quantitative estimate of drug-likeness (QED) is 0.469. The van der Waals surface area contributed by atoms with Crippen molar-refractivity contribution in [1.29, 1.82) is 0 Å². The molecule has 1 aromatic carbocycles. The number of hydrogen-bond donors (Lipinski definition) is 0. The van der Waals surface area contributed by atoms with Crippen LogP contribution in [0.1, 0.15) is 4.88 Å². The van der Waals surface area contributed by atoms with Crippen LogP contribution in [-0.2, 0) is 13.2 Å². The van der Waals surface area contributed by atoms with Gasteiger partial charge in [0.1, 0.15) is 0 Å². The van der Waals surface area contributed by atoms with Gasteiger partial charge >= 0.3 is 0 Å². The van der Waals surface area contributed by atoms with Crippen molar-refractivity contribution in [2.45, 2.75) is 13.2 Å². The summed E-state index contributed by atoms with van der Waals surface area (Å²) in [5, 5.41) is 6.73. The van der Waals surface area contributed by atoms with Gasteiger partial charge in [-0.3, -0.25) is 9.80 Å². The zero-order valence-electron chi connectivity index (χ0n) is 17.9. The van der Waals surface area contributed by atoms with Crippen LogP contribution in [0.15, 0.2) is 34.1 Å². The predicted molar refractivity (Wildman–Crippen MR) is 122 cm³/mol. The van der Waals surface area contributed by atoms with Gasteiger partial charge in [-0.05, 0) is 35.8 Å². The standard InChI is InChI=1S/C21H26N4O4S2/c1-26-17-11-15(12-18(27-2)19(17)28-3)20-22-25(21(30)29-20)14-24-8-6-23(7-9-24)13-16-5-4-10-31-16/h4-5,10-12H,6-9,13-14H2,1-3H3. The van der Waals surface area contributed by atoms with Gasteiger partial charge in [-0.15, -0.1) is 16.4 Å². The van der Waals surface area contributed by atoms with E-state index in [1.165, 1.54) is 4.88 Å². The van der Waals surface area contributed by atoms with Crippen LogP contribution in [0, 0.1) is 4.84 Å². The molecule has 0 unspecified atom stereocenters. The molecular formula is C21H26N4O4S2. The number of aromatic nitrogens is 2. The second-order valence-corrected chi connectivity index (χ2v) is 8.58. The topological polar surface area (TPSA) is 65.1 Å². The maximum Gasteiger partial charge on any atom is 0.288 e. The third-order valence-electron chi connectivity index (χ3n) is 5.28. The molecule has 3 heterocycles. The van der Waals surface area contributed by atoms with E-state index >= 15 is 0 Å². The van der Waals surface area contributed by atoms with E-state index in [4.69, 9.17) is 30.8 Å². The fraction of sp³-hybridized carbons (Fsp3) is 0.429. The average molecular weight is 463 g/mol. The van der Waals surface area contributed by atoms with E-state index in [1.54, 1.807) is 38.1 Å². The number of piperazine rings is 1. The Bertz CT molecular complexity index is 1030. The van der Waals surface area contributed by atoms with Gasteiger partial charge in [-0.2, -0.15) is 0 Å². The Morgan fingerprint density at radius 1 is 1.03 bits per heavy atom. The molecule has 2 aromatic heterocycles. The van der Waals surface area contributed by atoms with Crippen molar-refractivity contribution < 1.29 is 18.6 Å². The summed E-state index contributed by atoms with van der Waals surface area (Å²) in [6.45, 7) is 5.56. The molecule has 0 aliphatic carbocycles. The first-order valence-corrected chi connectivity index (χ1v) is 11.3. The first kappa shape index (κ1) is 21.8. The van der Waals surface area contributed by atoms with Crippen molar-refractivity contribution in [3.63, 3.8) is 0 Å². The first-order chi connectivity index (χ1) is 15.1. The highest BCUT2D eigenvalue weighted by Gasteiger charge is 2.20. The van der Waals surface area contributed by atoms with Crippen LogP contribution < -0.4 is 14.2 Å². The number of rotatable bonds is 8. The molecule has 0 spiro atoms. The number of hydrogen-bond acceptors (Lipinski definition) is 9. The molecule has 3 aromatic rings. The van der Waals surface area contributed by atoms with Gasteiger partial charge in [0.05, 0.1) is 28.0 Å². The monoisotopic (exact) mass is 462 g/mol. The Balaban J connectivity index is 1.44. The molecule has 4 rings (SSSR count). The summed E-state index contributed by atoms with van der Waals surface area (Å²) in [5.41, 5.74) is 0.708. The Hall–Kier alpha value is -2.40. The zero-order valence-corrected chi connectivity index (χ0v) is 19.5. The summed E-state index contributed by atoms with van der Waals surface area (Å²) in [5.74, 6) is 2.01. The van der Waals surface area contributed by atoms with E-state index in [2.05, 4.69) is 32.4 Å². The van der Waals surface area contributed by atoms with Gasteiger partial charge in [0.2, 0.25) is 11.6 Å². The molecule has 10 heteroatoms. The molecule has 0 N–H and O–H groups in total. The highest BCUT2D eigenvalue weighted by atomic mass is 32.1. The lowest BCUT2D eigenvalue weighted by atomic mass is 10.2. The predicted octanol–water partition coefficient (Wildman–Crippen LogP) is 3.74. The summed E-state index contributed by atoms with van der Waals surface area (Å²) < 4.78 is 23.7. The van der Waals surface area contributed by atoms with Gasteiger partial charge in [0, 0.05) is 43.2 Å². The van der Waals surface area contributed by atoms with Crippen molar-refractivity contribution in [3.8, 4) is 28.7 Å².